The summed E-state index contributed by atoms with van der Waals surface area (Å²) in [6, 6.07) is 8.03. The zero-order valence-corrected chi connectivity index (χ0v) is 12.3. The average Bonchev–Trinajstić information content (AvgIpc) is 2.89. The summed E-state index contributed by atoms with van der Waals surface area (Å²) in [6.45, 7) is 7.58. The molecule has 0 spiro atoms. The molecule has 1 aromatic carbocycles. The lowest BCUT2D eigenvalue weighted by atomic mass is 9.98. The topological polar surface area (TPSA) is 29.3 Å². The third kappa shape index (κ3) is 2.93. The van der Waals surface area contributed by atoms with Gasteiger partial charge in [-0.15, -0.1) is 0 Å². The second kappa shape index (κ2) is 5.80. The van der Waals surface area contributed by atoms with Crippen molar-refractivity contribution in [2.24, 2.45) is 0 Å². The smallest absolute Gasteiger partial charge is 0.199 e. The first-order valence-corrected chi connectivity index (χ1v) is 7.43. The van der Waals surface area contributed by atoms with Crippen LogP contribution in [0.2, 0.25) is 0 Å². The first-order chi connectivity index (χ1) is 9.72. The van der Waals surface area contributed by atoms with Gasteiger partial charge in [0.15, 0.2) is 11.5 Å². The highest BCUT2D eigenvalue weighted by Gasteiger charge is 2.24. The zero-order chi connectivity index (χ0) is 13.9. The van der Waals surface area contributed by atoms with Crippen LogP contribution in [0.3, 0.4) is 0 Å². The van der Waals surface area contributed by atoms with Crippen molar-refractivity contribution in [1.29, 1.82) is 0 Å². The summed E-state index contributed by atoms with van der Waals surface area (Å²) in [7, 11) is 0. The van der Waals surface area contributed by atoms with Crippen molar-refractivity contribution >= 4 is 11.1 Å². The molecule has 0 aliphatic carbocycles. The second-order valence-corrected chi connectivity index (χ2v) is 5.90. The van der Waals surface area contributed by atoms with Gasteiger partial charge in [-0.25, -0.2) is 4.98 Å². The van der Waals surface area contributed by atoms with E-state index in [0.29, 0.717) is 5.92 Å². The van der Waals surface area contributed by atoms with Crippen molar-refractivity contribution in [2.75, 3.05) is 19.6 Å². The van der Waals surface area contributed by atoms with Crippen LogP contribution in [-0.4, -0.2) is 29.5 Å². The van der Waals surface area contributed by atoms with E-state index < -0.39 is 0 Å². The maximum atomic E-state index is 5.93. The van der Waals surface area contributed by atoms with E-state index in [1.165, 1.54) is 25.0 Å². The Labute approximate surface area is 120 Å². The molecule has 0 amide bonds. The number of nitrogens with zero attached hydrogens (tertiary/aromatic N) is 2. The lowest BCUT2D eigenvalue weighted by Gasteiger charge is -2.30. The molecule has 3 nitrogen and oxygen atoms in total. The first kappa shape index (κ1) is 13.4. The van der Waals surface area contributed by atoms with Gasteiger partial charge in [0.1, 0.15) is 5.52 Å². The molecule has 106 valence electrons. The van der Waals surface area contributed by atoms with Gasteiger partial charge in [-0.05, 0) is 45.4 Å². The molecule has 2 aromatic rings. The lowest BCUT2D eigenvalue weighted by Crippen LogP contribution is -2.34. The Morgan fingerprint density at radius 3 is 3.05 bits per heavy atom. The van der Waals surface area contributed by atoms with Gasteiger partial charge in [0.05, 0.1) is 0 Å². The Kier molecular flexibility index (Phi) is 3.88. The number of piperidine rings is 1. The lowest BCUT2D eigenvalue weighted by molar-refractivity contribution is 0.212. The maximum absolute atomic E-state index is 5.93. The SMILES string of the molecule is CC(C)=CCN1CCCC(c2nc3ccccc3o2)C1. The Morgan fingerprint density at radius 2 is 2.25 bits per heavy atom. The van der Waals surface area contributed by atoms with Gasteiger partial charge in [0.2, 0.25) is 0 Å². The van der Waals surface area contributed by atoms with Gasteiger partial charge in [-0.1, -0.05) is 23.8 Å². The molecule has 0 N–H and O–H groups in total. The highest BCUT2D eigenvalue weighted by atomic mass is 16.3. The number of para-hydroxylation sites is 2. The Balaban J connectivity index is 1.74. The number of hydrogen-bond donors (Lipinski definition) is 0. The minimum atomic E-state index is 0.432. The van der Waals surface area contributed by atoms with Gasteiger partial charge < -0.3 is 4.42 Å². The third-order valence-electron chi connectivity index (χ3n) is 3.92. The highest BCUT2D eigenvalue weighted by Crippen LogP contribution is 2.28. The Morgan fingerprint density at radius 1 is 1.40 bits per heavy atom. The van der Waals surface area contributed by atoms with Crippen LogP contribution in [0.1, 0.15) is 38.5 Å². The molecule has 0 radical (unpaired) electrons. The van der Waals surface area contributed by atoms with Crippen molar-refractivity contribution in [2.45, 2.75) is 32.6 Å². The Bertz CT molecular complexity index is 577. The van der Waals surface area contributed by atoms with Gasteiger partial charge in [0, 0.05) is 19.0 Å². The second-order valence-electron chi connectivity index (χ2n) is 5.90. The Hall–Kier alpha value is -1.61. The van der Waals surface area contributed by atoms with Crippen molar-refractivity contribution in [3.63, 3.8) is 0 Å². The molecule has 3 heteroatoms. The largest absolute Gasteiger partial charge is 0.440 e. The van der Waals surface area contributed by atoms with Crippen LogP contribution in [0.25, 0.3) is 11.1 Å². The summed E-state index contributed by atoms with van der Waals surface area (Å²) >= 11 is 0. The van der Waals surface area contributed by atoms with Crippen LogP contribution in [0, 0.1) is 0 Å². The molecule has 20 heavy (non-hydrogen) atoms. The van der Waals surface area contributed by atoms with Crippen LogP contribution < -0.4 is 0 Å². The van der Waals surface area contributed by atoms with E-state index in [9.17, 15) is 0 Å². The number of allylic oxidation sites excluding steroid dienone is 1. The summed E-state index contributed by atoms with van der Waals surface area (Å²) < 4.78 is 5.93. The van der Waals surface area contributed by atoms with Gasteiger partial charge in [-0.3, -0.25) is 4.90 Å². The predicted molar refractivity (Wildman–Crippen MR) is 81.9 cm³/mol. The molecular weight excluding hydrogens is 248 g/mol. The van der Waals surface area contributed by atoms with E-state index in [1.807, 2.05) is 24.3 Å². The van der Waals surface area contributed by atoms with E-state index in [4.69, 9.17) is 4.42 Å². The van der Waals surface area contributed by atoms with Crippen LogP contribution in [0.4, 0.5) is 0 Å². The van der Waals surface area contributed by atoms with Crippen molar-refractivity contribution in [1.82, 2.24) is 9.88 Å². The first-order valence-electron chi connectivity index (χ1n) is 7.43. The summed E-state index contributed by atoms with van der Waals surface area (Å²) in [5, 5.41) is 0. The fourth-order valence-electron chi connectivity index (χ4n) is 2.80. The normalized spacial score (nSPS) is 20.2. The van der Waals surface area contributed by atoms with Crippen molar-refractivity contribution in [3.05, 3.63) is 41.8 Å². The van der Waals surface area contributed by atoms with E-state index in [0.717, 1.165) is 30.1 Å². The van der Waals surface area contributed by atoms with Crippen molar-refractivity contribution in [3.8, 4) is 0 Å². The quantitative estimate of drug-likeness (QED) is 0.790. The summed E-state index contributed by atoms with van der Waals surface area (Å²) in [6.07, 6.45) is 4.70. The molecule has 1 unspecified atom stereocenters. The molecule has 1 fully saturated rings. The van der Waals surface area contributed by atoms with E-state index in [2.05, 4.69) is 29.8 Å². The number of hydrogen-bond acceptors (Lipinski definition) is 3. The van der Waals surface area contributed by atoms with Crippen LogP contribution in [-0.2, 0) is 0 Å². The molecule has 2 heterocycles. The summed E-state index contributed by atoms with van der Waals surface area (Å²) in [4.78, 5) is 7.15. The minimum Gasteiger partial charge on any atom is -0.440 e. The molecule has 1 atom stereocenters. The maximum Gasteiger partial charge on any atom is 0.199 e. The van der Waals surface area contributed by atoms with E-state index in [1.54, 1.807) is 0 Å². The molecule has 1 saturated heterocycles. The molecule has 1 aliphatic rings. The zero-order valence-electron chi connectivity index (χ0n) is 12.3. The summed E-state index contributed by atoms with van der Waals surface area (Å²) in [5.74, 6) is 1.34. The summed E-state index contributed by atoms with van der Waals surface area (Å²) in [5.41, 5.74) is 3.27. The van der Waals surface area contributed by atoms with Gasteiger partial charge >= 0.3 is 0 Å². The number of oxazole rings is 1. The van der Waals surface area contributed by atoms with Gasteiger partial charge in [0.25, 0.3) is 0 Å². The monoisotopic (exact) mass is 270 g/mol. The average molecular weight is 270 g/mol. The molecule has 0 bridgehead atoms. The third-order valence-corrected chi connectivity index (χ3v) is 3.92. The predicted octanol–water partition coefficient (Wildman–Crippen LogP) is 3.97. The van der Waals surface area contributed by atoms with E-state index in [-0.39, 0.29) is 0 Å². The van der Waals surface area contributed by atoms with Crippen LogP contribution >= 0.6 is 0 Å². The van der Waals surface area contributed by atoms with Crippen LogP contribution in [0.5, 0.6) is 0 Å². The number of benzene rings is 1. The number of rotatable bonds is 3. The van der Waals surface area contributed by atoms with E-state index >= 15 is 0 Å². The molecular formula is C17H22N2O. The minimum absolute atomic E-state index is 0.432. The molecule has 3 rings (SSSR count). The number of fused-ring (bicyclic) bond motifs is 1. The molecule has 1 aromatic heterocycles. The van der Waals surface area contributed by atoms with Crippen molar-refractivity contribution < 1.29 is 4.42 Å². The molecule has 0 saturated carbocycles. The molecule has 1 aliphatic heterocycles. The standard InChI is InChI=1S/C17H22N2O/c1-13(2)9-11-19-10-5-6-14(12-19)17-18-15-7-3-4-8-16(15)20-17/h3-4,7-9,14H,5-6,10-12H2,1-2H3. The highest BCUT2D eigenvalue weighted by molar-refractivity contribution is 5.72. The fourth-order valence-corrected chi connectivity index (χ4v) is 2.80. The van der Waals surface area contributed by atoms with Crippen LogP contribution in [0.15, 0.2) is 40.3 Å². The fraction of sp³-hybridized carbons (Fsp3) is 0.471. The number of aromatic nitrogens is 1. The number of likely N-dealkylation sites (tertiary alicyclic amines) is 1. The van der Waals surface area contributed by atoms with Gasteiger partial charge in [-0.2, -0.15) is 0 Å².